The van der Waals surface area contributed by atoms with Gasteiger partial charge in [0, 0.05) is 12.6 Å². The van der Waals surface area contributed by atoms with Gasteiger partial charge >= 0.3 is 0 Å². The fourth-order valence-electron chi connectivity index (χ4n) is 3.56. The van der Waals surface area contributed by atoms with Crippen LogP contribution in [0.4, 0.5) is 4.39 Å². The zero-order chi connectivity index (χ0) is 19.6. The molecule has 7 nitrogen and oxygen atoms in total. The molecule has 0 spiro atoms. The first kappa shape index (κ1) is 18.7. The Hall–Kier alpha value is -2.65. The minimum absolute atomic E-state index is 0.0470. The predicted octanol–water partition coefficient (Wildman–Crippen LogP) is 2.93. The average Bonchev–Trinajstić information content (AvgIpc) is 3.41. The smallest absolute Gasteiger partial charge is 0.207 e. The summed E-state index contributed by atoms with van der Waals surface area (Å²) in [6.45, 7) is 0.224. The van der Waals surface area contributed by atoms with E-state index in [9.17, 15) is 12.8 Å². The first-order valence-electron chi connectivity index (χ1n) is 9.14. The van der Waals surface area contributed by atoms with Gasteiger partial charge in [-0.15, -0.1) is 5.10 Å². The minimum Gasteiger partial charge on any atom is -0.207 e. The lowest BCUT2D eigenvalue weighted by molar-refractivity contribution is 0.316. The van der Waals surface area contributed by atoms with Crippen LogP contribution in [-0.2, 0) is 16.6 Å². The van der Waals surface area contributed by atoms with Crippen molar-refractivity contribution in [1.82, 2.24) is 24.5 Å². The van der Waals surface area contributed by atoms with Crippen LogP contribution in [0.1, 0.15) is 31.2 Å². The van der Waals surface area contributed by atoms with E-state index in [-0.39, 0.29) is 23.3 Å². The second-order valence-electron chi connectivity index (χ2n) is 6.86. The van der Waals surface area contributed by atoms with Gasteiger partial charge in [0.15, 0.2) is 0 Å². The summed E-state index contributed by atoms with van der Waals surface area (Å²) in [7, 11) is -3.70. The number of nitrogens with zero attached hydrogens (tertiary/aromatic N) is 5. The van der Waals surface area contributed by atoms with Crippen LogP contribution in [0.2, 0.25) is 0 Å². The first-order valence-corrected chi connectivity index (χ1v) is 10.6. The zero-order valence-corrected chi connectivity index (χ0v) is 16.0. The van der Waals surface area contributed by atoms with Crippen molar-refractivity contribution in [1.29, 1.82) is 0 Å². The molecule has 9 heteroatoms. The largest absolute Gasteiger partial charge is 0.243 e. The third kappa shape index (κ3) is 3.81. The van der Waals surface area contributed by atoms with Gasteiger partial charge < -0.3 is 0 Å². The number of hydrogen-bond donors (Lipinski definition) is 0. The highest BCUT2D eigenvalue weighted by Gasteiger charge is 2.33. The molecule has 0 N–H and O–H groups in total. The molecule has 0 saturated heterocycles. The van der Waals surface area contributed by atoms with Crippen molar-refractivity contribution in [3.05, 3.63) is 66.2 Å². The second kappa shape index (κ2) is 7.76. The Balaban J connectivity index is 1.64. The lowest BCUT2D eigenvalue weighted by atomic mass is 10.2. The molecule has 0 bridgehead atoms. The van der Waals surface area contributed by atoms with E-state index in [4.69, 9.17) is 0 Å². The topological polar surface area (TPSA) is 81.0 Å². The van der Waals surface area contributed by atoms with E-state index in [0.29, 0.717) is 5.69 Å². The van der Waals surface area contributed by atoms with Crippen molar-refractivity contribution in [2.24, 2.45) is 0 Å². The zero-order valence-electron chi connectivity index (χ0n) is 15.1. The molecule has 1 heterocycles. The van der Waals surface area contributed by atoms with E-state index < -0.39 is 10.0 Å². The average molecular weight is 401 g/mol. The van der Waals surface area contributed by atoms with Crippen LogP contribution < -0.4 is 0 Å². The van der Waals surface area contributed by atoms with Crippen molar-refractivity contribution >= 4 is 10.0 Å². The van der Waals surface area contributed by atoms with Crippen LogP contribution in [0, 0.1) is 5.82 Å². The SMILES string of the molecule is O=S(=O)(c1ccc(-n2cnnn2)cc1)N(Cc1ccc(F)cc1)C1CCCC1. The van der Waals surface area contributed by atoms with Crippen LogP contribution >= 0.6 is 0 Å². The predicted molar refractivity (Wildman–Crippen MR) is 101 cm³/mol. The molecule has 0 unspecified atom stereocenters. The molecular formula is C19H20FN5O2S. The normalized spacial score (nSPS) is 15.4. The Bertz CT molecular complexity index is 1020. The number of aromatic nitrogens is 4. The molecule has 1 fully saturated rings. The van der Waals surface area contributed by atoms with Gasteiger partial charge in [0.05, 0.1) is 10.6 Å². The van der Waals surface area contributed by atoms with E-state index >= 15 is 0 Å². The summed E-state index contributed by atoms with van der Waals surface area (Å²) in [5.41, 5.74) is 1.44. The number of tetrazole rings is 1. The first-order chi connectivity index (χ1) is 13.5. The highest BCUT2D eigenvalue weighted by Crippen LogP contribution is 2.30. The van der Waals surface area contributed by atoms with E-state index in [2.05, 4.69) is 15.5 Å². The number of halogens is 1. The fraction of sp³-hybridized carbons (Fsp3) is 0.316. The molecule has 1 aliphatic rings. The molecule has 146 valence electrons. The maximum Gasteiger partial charge on any atom is 0.243 e. The Morgan fingerprint density at radius 2 is 1.71 bits per heavy atom. The van der Waals surface area contributed by atoms with Gasteiger partial charge in [0.1, 0.15) is 12.1 Å². The van der Waals surface area contributed by atoms with Gasteiger partial charge in [0.2, 0.25) is 10.0 Å². The van der Waals surface area contributed by atoms with Crippen molar-refractivity contribution in [2.45, 2.75) is 43.2 Å². The minimum atomic E-state index is -3.70. The standard InChI is InChI=1S/C19H20FN5O2S/c20-16-7-5-15(6-8-16)13-25(18-3-1-2-4-18)28(26,27)19-11-9-17(10-12-19)24-14-21-22-23-24/h5-12,14,18H,1-4,13H2. The molecule has 0 radical (unpaired) electrons. The summed E-state index contributed by atoms with van der Waals surface area (Å²) in [6.07, 6.45) is 5.14. The van der Waals surface area contributed by atoms with Gasteiger partial charge in [0.25, 0.3) is 0 Å². The highest BCUT2D eigenvalue weighted by molar-refractivity contribution is 7.89. The summed E-state index contributed by atoms with van der Waals surface area (Å²) in [5.74, 6) is -0.336. The van der Waals surface area contributed by atoms with Gasteiger partial charge in [-0.05, 0) is 65.2 Å². The highest BCUT2D eigenvalue weighted by atomic mass is 32.2. The van der Waals surface area contributed by atoms with Crippen LogP contribution in [0.25, 0.3) is 5.69 Å². The Morgan fingerprint density at radius 3 is 2.32 bits per heavy atom. The van der Waals surface area contributed by atoms with E-state index in [1.165, 1.54) is 23.1 Å². The Morgan fingerprint density at radius 1 is 1.04 bits per heavy atom. The van der Waals surface area contributed by atoms with Gasteiger partial charge in [-0.1, -0.05) is 25.0 Å². The second-order valence-corrected chi connectivity index (χ2v) is 8.75. The molecule has 1 aromatic heterocycles. The third-order valence-electron chi connectivity index (χ3n) is 5.04. The third-order valence-corrected chi connectivity index (χ3v) is 6.95. The summed E-state index contributed by atoms with van der Waals surface area (Å²) in [6, 6.07) is 12.4. The molecule has 3 aromatic rings. The summed E-state index contributed by atoms with van der Waals surface area (Å²) in [4.78, 5) is 0.221. The molecule has 4 rings (SSSR count). The maximum atomic E-state index is 13.4. The summed E-state index contributed by atoms with van der Waals surface area (Å²) in [5, 5.41) is 11.0. The molecule has 2 aromatic carbocycles. The quantitative estimate of drug-likeness (QED) is 0.634. The number of rotatable bonds is 6. The van der Waals surface area contributed by atoms with Gasteiger partial charge in [-0.25, -0.2) is 17.5 Å². The lowest BCUT2D eigenvalue weighted by Gasteiger charge is -2.28. The summed E-state index contributed by atoms with van der Waals surface area (Å²) >= 11 is 0. The van der Waals surface area contributed by atoms with Crippen LogP contribution in [-0.4, -0.2) is 39.0 Å². The van der Waals surface area contributed by atoms with E-state index in [1.807, 2.05) is 0 Å². The van der Waals surface area contributed by atoms with Crippen LogP contribution in [0.3, 0.4) is 0 Å². The summed E-state index contributed by atoms with van der Waals surface area (Å²) < 4.78 is 43.0. The van der Waals surface area contributed by atoms with Crippen LogP contribution in [0.5, 0.6) is 0 Å². The molecule has 28 heavy (non-hydrogen) atoms. The molecule has 1 saturated carbocycles. The van der Waals surface area contributed by atoms with Crippen LogP contribution in [0.15, 0.2) is 59.8 Å². The molecule has 1 aliphatic carbocycles. The van der Waals surface area contributed by atoms with E-state index in [1.54, 1.807) is 40.7 Å². The van der Waals surface area contributed by atoms with Gasteiger partial charge in [-0.2, -0.15) is 4.31 Å². The number of sulfonamides is 1. The number of hydrogen-bond acceptors (Lipinski definition) is 5. The van der Waals surface area contributed by atoms with Crippen molar-refractivity contribution < 1.29 is 12.8 Å². The van der Waals surface area contributed by atoms with Gasteiger partial charge in [-0.3, -0.25) is 0 Å². The Kier molecular flexibility index (Phi) is 5.19. The lowest BCUT2D eigenvalue weighted by Crippen LogP contribution is -2.38. The fourth-order valence-corrected chi connectivity index (χ4v) is 5.23. The van der Waals surface area contributed by atoms with Crippen molar-refractivity contribution in [2.75, 3.05) is 0 Å². The maximum absolute atomic E-state index is 13.4. The van der Waals surface area contributed by atoms with E-state index in [0.717, 1.165) is 31.2 Å². The Labute approximate surface area is 162 Å². The monoisotopic (exact) mass is 401 g/mol. The molecule has 0 atom stereocenters. The van der Waals surface area contributed by atoms with Crippen molar-refractivity contribution in [3.8, 4) is 5.69 Å². The molecular weight excluding hydrogens is 381 g/mol. The van der Waals surface area contributed by atoms with Crippen molar-refractivity contribution in [3.63, 3.8) is 0 Å². The molecule has 0 amide bonds. The molecule has 0 aliphatic heterocycles. The number of benzene rings is 2.